The van der Waals surface area contributed by atoms with Gasteiger partial charge in [0.15, 0.2) is 0 Å². The highest BCUT2D eigenvalue weighted by molar-refractivity contribution is 5.96. The lowest BCUT2D eigenvalue weighted by Crippen LogP contribution is -2.40. The number of carbonyl (C=O) groups excluding carboxylic acids is 1. The minimum Gasteiger partial charge on any atom is -0.361 e. The monoisotopic (exact) mass is 436 g/mol. The predicted molar refractivity (Wildman–Crippen MR) is 126 cm³/mol. The molecule has 0 saturated heterocycles. The van der Waals surface area contributed by atoms with Crippen LogP contribution in [-0.4, -0.2) is 32.2 Å². The Kier molecular flexibility index (Phi) is 4.29. The molecule has 3 heterocycles. The topological polar surface area (TPSA) is 95.0 Å². The molecule has 6 rings (SSSR count). The highest BCUT2D eigenvalue weighted by Gasteiger charge is 2.36. The first-order chi connectivity index (χ1) is 16.1. The lowest BCUT2D eigenvalue weighted by atomic mass is 9.91. The van der Waals surface area contributed by atoms with E-state index in [0.29, 0.717) is 12.1 Å². The third kappa shape index (κ3) is 3.01. The summed E-state index contributed by atoms with van der Waals surface area (Å²) >= 11 is 0. The molecule has 3 aromatic carbocycles. The molecule has 1 amide bonds. The second-order valence-electron chi connectivity index (χ2n) is 8.31. The Morgan fingerprint density at radius 3 is 2.39 bits per heavy atom. The van der Waals surface area contributed by atoms with Gasteiger partial charge in [0.25, 0.3) is 11.6 Å². The van der Waals surface area contributed by atoms with E-state index in [1.807, 2.05) is 41.4 Å². The molecule has 0 bridgehead atoms. The molecule has 2 N–H and O–H groups in total. The molecular weight excluding hydrogens is 416 g/mol. The quantitative estimate of drug-likeness (QED) is 0.295. The number of nitrogens with zero attached hydrogens (tertiary/aromatic N) is 2. The van der Waals surface area contributed by atoms with E-state index in [1.54, 1.807) is 0 Å². The molecule has 33 heavy (non-hydrogen) atoms. The Labute approximate surface area is 188 Å². The number of nitro benzene ring substituents is 1. The Hall–Kier alpha value is -4.39. The summed E-state index contributed by atoms with van der Waals surface area (Å²) in [6.45, 7) is 0.550. The van der Waals surface area contributed by atoms with Crippen molar-refractivity contribution in [1.82, 2.24) is 14.9 Å². The van der Waals surface area contributed by atoms with Crippen molar-refractivity contribution in [1.29, 1.82) is 0 Å². The van der Waals surface area contributed by atoms with Crippen LogP contribution in [0, 0.1) is 10.1 Å². The molecule has 1 aliphatic heterocycles. The number of amides is 1. The highest BCUT2D eigenvalue weighted by Crippen LogP contribution is 2.41. The zero-order chi connectivity index (χ0) is 22.5. The van der Waals surface area contributed by atoms with Crippen LogP contribution < -0.4 is 0 Å². The number of nitrogens with one attached hydrogen (secondary N) is 2. The molecule has 0 saturated carbocycles. The van der Waals surface area contributed by atoms with E-state index in [2.05, 4.69) is 28.2 Å². The van der Waals surface area contributed by atoms with E-state index in [-0.39, 0.29) is 17.6 Å². The van der Waals surface area contributed by atoms with Gasteiger partial charge < -0.3 is 14.9 Å². The summed E-state index contributed by atoms with van der Waals surface area (Å²) in [5, 5.41) is 13.3. The third-order valence-electron chi connectivity index (χ3n) is 6.54. The van der Waals surface area contributed by atoms with Crippen molar-refractivity contribution < 1.29 is 9.72 Å². The van der Waals surface area contributed by atoms with Crippen LogP contribution in [0.3, 0.4) is 0 Å². The molecule has 0 aliphatic carbocycles. The lowest BCUT2D eigenvalue weighted by Gasteiger charge is -2.36. The van der Waals surface area contributed by atoms with Gasteiger partial charge >= 0.3 is 0 Å². The first-order valence-corrected chi connectivity index (χ1v) is 10.8. The minimum atomic E-state index is -0.458. The van der Waals surface area contributed by atoms with Crippen LogP contribution in [0.2, 0.25) is 0 Å². The number of aromatic nitrogens is 2. The van der Waals surface area contributed by atoms with Gasteiger partial charge in [-0.1, -0.05) is 36.4 Å². The number of aromatic amines is 2. The first kappa shape index (κ1) is 19.3. The lowest BCUT2D eigenvalue weighted by molar-refractivity contribution is -0.384. The second-order valence-corrected chi connectivity index (χ2v) is 8.31. The van der Waals surface area contributed by atoms with Gasteiger partial charge in [-0.15, -0.1) is 0 Å². The Morgan fingerprint density at radius 2 is 1.64 bits per heavy atom. The maximum absolute atomic E-state index is 13.7. The average molecular weight is 436 g/mol. The van der Waals surface area contributed by atoms with Gasteiger partial charge in [0, 0.05) is 63.5 Å². The van der Waals surface area contributed by atoms with Crippen LogP contribution >= 0.6 is 0 Å². The summed E-state index contributed by atoms with van der Waals surface area (Å²) < 4.78 is 0. The van der Waals surface area contributed by atoms with Crippen molar-refractivity contribution in [3.05, 3.63) is 111 Å². The SMILES string of the molecule is O=C(c1ccc([N+](=O)[O-])cc1)N1CCc2c([nH]c3ccccc23)C1c1c[nH]c2ccccc12. The van der Waals surface area contributed by atoms with Crippen molar-refractivity contribution >= 4 is 33.4 Å². The predicted octanol–water partition coefficient (Wildman–Crippen LogP) is 5.35. The van der Waals surface area contributed by atoms with Crippen LogP contribution in [0.5, 0.6) is 0 Å². The number of H-pyrrole nitrogens is 2. The molecule has 7 nitrogen and oxygen atoms in total. The van der Waals surface area contributed by atoms with E-state index in [1.165, 1.54) is 35.2 Å². The van der Waals surface area contributed by atoms with Gasteiger partial charge in [-0.2, -0.15) is 0 Å². The summed E-state index contributed by atoms with van der Waals surface area (Å²) in [7, 11) is 0. The second kappa shape index (κ2) is 7.34. The highest BCUT2D eigenvalue weighted by atomic mass is 16.6. The summed E-state index contributed by atoms with van der Waals surface area (Å²) in [5.74, 6) is -0.149. The fourth-order valence-electron chi connectivity index (χ4n) is 4.99. The fourth-order valence-corrected chi connectivity index (χ4v) is 4.99. The molecule has 7 heteroatoms. The number of hydrogen-bond donors (Lipinski definition) is 2. The number of benzene rings is 3. The van der Waals surface area contributed by atoms with Crippen molar-refractivity contribution in [3.8, 4) is 0 Å². The van der Waals surface area contributed by atoms with Gasteiger partial charge in [-0.3, -0.25) is 14.9 Å². The number of nitro groups is 1. The molecule has 0 fully saturated rings. The molecule has 1 unspecified atom stereocenters. The van der Waals surface area contributed by atoms with Gasteiger partial charge in [0.05, 0.1) is 11.0 Å². The number of non-ortho nitro benzene ring substituents is 1. The molecule has 0 radical (unpaired) electrons. The van der Waals surface area contributed by atoms with Crippen LogP contribution in [0.1, 0.15) is 33.2 Å². The number of hydrogen-bond acceptors (Lipinski definition) is 3. The van der Waals surface area contributed by atoms with Gasteiger partial charge in [-0.05, 0) is 36.2 Å². The van der Waals surface area contributed by atoms with E-state index in [0.717, 1.165) is 34.1 Å². The normalized spacial score (nSPS) is 15.6. The first-order valence-electron chi connectivity index (χ1n) is 10.8. The molecule has 1 aliphatic rings. The standard InChI is InChI=1S/C26H20N4O3/c31-26(16-9-11-17(12-10-16)30(32)33)29-14-13-20-18-5-2-4-8-23(18)28-24(20)25(29)21-15-27-22-7-3-1-6-19(21)22/h1-12,15,25,27-28H,13-14H2. The summed E-state index contributed by atoms with van der Waals surface area (Å²) in [5.41, 5.74) is 5.74. The van der Waals surface area contributed by atoms with Crippen molar-refractivity contribution in [3.63, 3.8) is 0 Å². The van der Waals surface area contributed by atoms with Crippen molar-refractivity contribution in [2.75, 3.05) is 6.54 Å². The molecule has 1 atom stereocenters. The van der Waals surface area contributed by atoms with E-state index in [4.69, 9.17) is 0 Å². The van der Waals surface area contributed by atoms with E-state index in [9.17, 15) is 14.9 Å². The molecule has 5 aromatic rings. The van der Waals surface area contributed by atoms with E-state index < -0.39 is 4.92 Å². The largest absolute Gasteiger partial charge is 0.361 e. The van der Waals surface area contributed by atoms with Crippen LogP contribution in [0.4, 0.5) is 5.69 Å². The summed E-state index contributed by atoms with van der Waals surface area (Å²) in [4.78, 5) is 33.1. The Balaban J connectivity index is 1.51. The van der Waals surface area contributed by atoms with Crippen molar-refractivity contribution in [2.45, 2.75) is 12.5 Å². The summed E-state index contributed by atoms with van der Waals surface area (Å²) in [6, 6.07) is 21.8. The van der Waals surface area contributed by atoms with Crippen molar-refractivity contribution in [2.24, 2.45) is 0 Å². The molecule has 2 aromatic heterocycles. The molecule has 0 spiro atoms. The molecule has 162 valence electrons. The van der Waals surface area contributed by atoms with Gasteiger partial charge in [-0.25, -0.2) is 0 Å². The maximum Gasteiger partial charge on any atom is 0.269 e. The number of carbonyl (C=O) groups is 1. The molecular formula is C26H20N4O3. The zero-order valence-corrected chi connectivity index (χ0v) is 17.6. The average Bonchev–Trinajstić information content (AvgIpc) is 3.44. The Bertz CT molecular complexity index is 1530. The number of rotatable bonds is 3. The Morgan fingerprint density at radius 1 is 0.939 bits per heavy atom. The van der Waals surface area contributed by atoms with E-state index >= 15 is 0 Å². The minimum absolute atomic E-state index is 0.0312. The number of para-hydroxylation sites is 2. The van der Waals surface area contributed by atoms with Crippen LogP contribution in [0.25, 0.3) is 21.8 Å². The van der Waals surface area contributed by atoms with Gasteiger partial charge in [0.2, 0.25) is 0 Å². The van der Waals surface area contributed by atoms with Crippen LogP contribution in [0.15, 0.2) is 79.0 Å². The smallest absolute Gasteiger partial charge is 0.269 e. The maximum atomic E-state index is 13.7. The van der Waals surface area contributed by atoms with Crippen LogP contribution in [-0.2, 0) is 6.42 Å². The fraction of sp³-hybridized carbons (Fsp3) is 0.115. The third-order valence-corrected chi connectivity index (χ3v) is 6.54. The van der Waals surface area contributed by atoms with Gasteiger partial charge in [0.1, 0.15) is 0 Å². The number of fused-ring (bicyclic) bond motifs is 4. The summed E-state index contributed by atoms with van der Waals surface area (Å²) in [6.07, 6.45) is 2.71. The zero-order valence-electron chi connectivity index (χ0n) is 17.6.